The molecule has 0 unspecified atom stereocenters. The Morgan fingerprint density at radius 3 is 2.57 bits per heavy atom. The van der Waals surface area contributed by atoms with Gasteiger partial charge in [-0.3, -0.25) is 0 Å². The predicted octanol–water partition coefficient (Wildman–Crippen LogP) is 2.80. The lowest BCUT2D eigenvalue weighted by atomic mass is 9.99. The van der Waals surface area contributed by atoms with Gasteiger partial charge in [0.25, 0.3) is 6.43 Å². The molecule has 2 nitrogen and oxygen atoms in total. The molecule has 0 aliphatic carbocycles. The average molecular weight is 200 g/mol. The number of nitrogens with two attached hydrogens (primary N) is 1. The molecular weight excluding hydrogens is 186 g/mol. The second-order valence-corrected chi connectivity index (χ2v) is 3.66. The molecule has 4 heteroatoms. The van der Waals surface area contributed by atoms with Crippen LogP contribution < -0.4 is 5.73 Å². The summed E-state index contributed by atoms with van der Waals surface area (Å²) >= 11 is 0. The molecule has 1 aromatic heterocycles. The maximum absolute atomic E-state index is 12.6. The van der Waals surface area contributed by atoms with Crippen LogP contribution in [-0.4, -0.2) is 4.98 Å². The lowest BCUT2D eigenvalue weighted by Gasteiger charge is -2.12. The molecule has 0 spiro atoms. The number of pyridine rings is 1. The molecule has 14 heavy (non-hydrogen) atoms. The van der Waals surface area contributed by atoms with Crippen molar-refractivity contribution in [2.24, 2.45) is 5.92 Å². The standard InChI is InChI=1S/C10H14F2N2/c1-6(2)5-8-7(9(11)12)3-4-14-10(8)13/h3-4,6,9H,5H2,1-2H3,(H2,13,14). The Kier molecular flexibility index (Phi) is 3.38. The van der Waals surface area contributed by atoms with Crippen LogP contribution in [0.3, 0.4) is 0 Å². The molecule has 1 aromatic rings. The van der Waals surface area contributed by atoms with E-state index >= 15 is 0 Å². The summed E-state index contributed by atoms with van der Waals surface area (Å²) in [6.07, 6.45) is -0.617. The van der Waals surface area contributed by atoms with Crippen LogP contribution in [0.2, 0.25) is 0 Å². The molecule has 1 rings (SSSR count). The second-order valence-electron chi connectivity index (χ2n) is 3.66. The summed E-state index contributed by atoms with van der Waals surface area (Å²) in [7, 11) is 0. The summed E-state index contributed by atoms with van der Waals surface area (Å²) < 4.78 is 25.1. The van der Waals surface area contributed by atoms with E-state index in [0.717, 1.165) is 0 Å². The monoisotopic (exact) mass is 200 g/mol. The van der Waals surface area contributed by atoms with Crippen LogP contribution in [-0.2, 0) is 6.42 Å². The van der Waals surface area contributed by atoms with E-state index in [1.54, 1.807) is 0 Å². The SMILES string of the molecule is CC(C)Cc1c(C(F)F)ccnc1N. The highest BCUT2D eigenvalue weighted by Crippen LogP contribution is 2.27. The molecule has 0 atom stereocenters. The van der Waals surface area contributed by atoms with Crippen molar-refractivity contribution >= 4 is 5.82 Å². The summed E-state index contributed by atoms with van der Waals surface area (Å²) in [6.45, 7) is 3.92. The van der Waals surface area contributed by atoms with E-state index < -0.39 is 6.43 Å². The van der Waals surface area contributed by atoms with Crippen molar-refractivity contribution in [2.75, 3.05) is 5.73 Å². The van der Waals surface area contributed by atoms with Gasteiger partial charge >= 0.3 is 0 Å². The Morgan fingerprint density at radius 1 is 1.43 bits per heavy atom. The minimum Gasteiger partial charge on any atom is -0.383 e. The number of nitrogens with zero attached hydrogens (tertiary/aromatic N) is 1. The highest BCUT2D eigenvalue weighted by atomic mass is 19.3. The smallest absolute Gasteiger partial charge is 0.264 e. The maximum Gasteiger partial charge on any atom is 0.264 e. The molecule has 0 bridgehead atoms. The van der Waals surface area contributed by atoms with Gasteiger partial charge in [-0.2, -0.15) is 0 Å². The van der Waals surface area contributed by atoms with Gasteiger partial charge in [-0.15, -0.1) is 0 Å². The van der Waals surface area contributed by atoms with Crippen molar-refractivity contribution < 1.29 is 8.78 Å². The van der Waals surface area contributed by atoms with Gasteiger partial charge in [0.15, 0.2) is 0 Å². The van der Waals surface area contributed by atoms with E-state index in [1.165, 1.54) is 12.3 Å². The van der Waals surface area contributed by atoms with Crippen LogP contribution >= 0.6 is 0 Å². The van der Waals surface area contributed by atoms with Crippen molar-refractivity contribution in [3.63, 3.8) is 0 Å². The zero-order valence-corrected chi connectivity index (χ0v) is 8.30. The Morgan fingerprint density at radius 2 is 2.07 bits per heavy atom. The van der Waals surface area contributed by atoms with Crippen LogP contribution in [0.15, 0.2) is 12.3 Å². The molecule has 2 N–H and O–H groups in total. The van der Waals surface area contributed by atoms with E-state index in [4.69, 9.17) is 5.73 Å². The first-order chi connectivity index (χ1) is 6.52. The molecule has 1 heterocycles. The zero-order chi connectivity index (χ0) is 10.7. The quantitative estimate of drug-likeness (QED) is 0.814. The molecule has 0 fully saturated rings. The molecule has 0 amide bonds. The predicted molar refractivity (Wildman–Crippen MR) is 52.1 cm³/mol. The Balaban J connectivity index is 3.09. The lowest BCUT2D eigenvalue weighted by Crippen LogP contribution is -2.06. The number of hydrogen-bond acceptors (Lipinski definition) is 2. The summed E-state index contributed by atoms with van der Waals surface area (Å²) in [4.78, 5) is 3.82. The van der Waals surface area contributed by atoms with Crippen molar-refractivity contribution in [2.45, 2.75) is 26.7 Å². The number of alkyl halides is 2. The third-order valence-electron chi connectivity index (χ3n) is 1.97. The van der Waals surface area contributed by atoms with E-state index in [2.05, 4.69) is 4.98 Å². The number of nitrogen functional groups attached to an aromatic ring is 1. The molecular formula is C10H14F2N2. The third-order valence-corrected chi connectivity index (χ3v) is 1.97. The topological polar surface area (TPSA) is 38.9 Å². The van der Waals surface area contributed by atoms with Gasteiger partial charge in [0, 0.05) is 17.3 Å². The van der Waals surface area contributed by atoms with Gasteiger partial charge in [0.05, 0.1) is 0 Å². The van der Waals surface area contributed by atoms with Crippen LogP contribution in [0.25, 0.3) is 0 Å². The largest absolute Gasteiger partial charge is 0.383 e. The van der Waals surface area contributed by atoms with Crippen LogP contribution in [0.5, 0.6) is 0 Å². The number of hydrogen-bond donors (Lipinski definition) is 1. The Hall–Kier alpha value is -1.19. The van der Waals surface area contributed by atoms with E-state index in [9.17, 15) is 8.78 Å². The van der Waals surface area contributed by atoms with Gasteiger partial charge in [-0.25, -0.2) is 13.8 Å². The fourth-order valence-electron chi connectivity index (χ4n) is 1.36. The molecule has 78 valence electrons. The number of aromatic nitrogens is 1. The first kappa shape index (κ1) is 10.9. The molecule has 0 aliphatic heterocycles. The summed E-state index contributed by atoms with van der Waals surface area (Å²) in [6, 6.07) is 1.33. The van der Waals surface area contributed by atoms with Crippen LogP contribution in [0.4, 0.5) is 14.6 Å². The van der Waals surface area contributed by atoms with Crippen molar-refractivity contribution in [1.82, 2.24) is 4.98 Å². The summed E-state index contributed by atoms with van der Waals surface area (Å²) in [5, 5.41) is 0. The molecule has 0 radical (unpaired) electrons. The zero-order valence-electron chi connectivity index (χ0n) is 8.30. The maximum atomic E-state index is 12.6. The third kappa shape index (κ3) is 2.40. The van der Waals surface area contributed by atoms with E-state index in [0.29, 0.717) is 17.9 Å². The lowest BCUT2D eigenvalue weighted by molar-refractivity contribution is 0.150. The van der Waals surface area contributed by atoms with E-state index in [1.807, 2.05) is 13.8 Å². The minimum absolute atomic E-state index is 0.00574. The number of anilines is 1. The minimum atomic E-state index is -2.48. The van der Waals surface area contributed by atoms with Gasteiger partial charge in [0.2, 0.25) is 0 Å². The summed E-state index contributed by atoms with van der Waals surface area (Å²) in [5.74, 6) is 0.510. The second kappa shape index (κ2) is 4.35. The number of rotatable bonds is 3. The first-order valence-electron chi connectivity index (χ1n) is 4.53. The van der Waals surface area contributed by atoms with Gasteiger partial charge in [-0.1, -0.05) is 13.8 Å². The normalized spacial score (nSPS) is 11.3. The average Bonchev–Trinajstić information content (AvgIpc) is 2.07. The van der Waals surface area contributed by atoms with Crippen LogP contribution in [0.1, 0.15) is 31.4 Å². The highest BCUT2D eigenvalue weighted by molar-refractivity contribution is 5.45. The van der Waals surface area contributed by atoms with Gasteiger partial charge in [0.1, 0.15) is 5.82 Å². The Labute approximate surface area is 82.1 Å². The first-order valence-corrected chi connectivity index (χ1v) is 4.53. The number of halogens is 2. The van der Waals surface area contributed by atoms with E-state index in [-0.39, 0.29) is 11.4 Å². The fraction of sp³-hybridized carbons (Fsp3) is 0.500. The van der Waals surface area contributed by atoms with Gasteiger partial charge < -0.3 is 5.73 Å². The van der Waals surface area contributed by atoms with Crippen molar-refractivity contribution in [3.05, 3.63) is 23.4 Å². The van der Waals surface area contributed by atoms with Crippen LogP contribution in [0, 0.1) is 5.92 Å². The molecule has 0 saturated carbocycles. The Bertz CT molecular complexity index is 311. The molecule has 0 saturated heterocycles. The van der Waals surface area contributed by atoms with Crippen molar-refractivity contribution in [1.29, 1.82) is 0 Å². The fourth-order valence-corrected chi connectivity index (χ4v) is 1.36. The molecule has 0 aliphatic rings. The van der Waals surface area contributed by atoms with Crippen molar-refractivity contribution in [3.8, 4) is 0 Å². The molecule has 0 aromatic carbocycles. The summed E-state index contributed by atoms with van der Waals surface area (Å²) in [5.41, 5.74) is 6.05. The van der Waals surface area contributed by atoms with Gasteiger partial charge in [-0.05, 0) is 18.4 Å². The highest BCUT2D eigenvalue weighted by Gasteiger charge is 2.16.